The Kier molecular flexibility index (Phi) is 5.51. The molecule has 0 saturated heterocycles. The normalized spacial score (nSPS) is 11.6. The summed E-state index contributed by atoms with van der Waals surface area (Å²) in [4.78, 5) is 0.0316. The van der Waals surface area contributed by atoms with E-state index in [1.54, 1.807) is 18.3 Å². The van der Waals surface area contributed by atoms with Crippen molar-refractivity contribution in [3.05, 3.63) is 74.4 Å². The molecule has 1 N–H and O–H groups in total. The Hall–Kier alpha value is -1.37. The molecule has 0 saturated carbocycles. The number of hydrogen-bond donors (Lipinski definition) is 1. The Morgan fingerprint density at radius 3 is 2.56 bits per heavy atom. The number of nitrogens with one attached hydrogen (secondary N) is 1. The van der Waals surface area contributed by atoms with E-state index >= 15 is 0 Å². The molecule has 0 aliphatic carbocycles. The average Bonchev–Trinajstić information content (AvgIpc) is 3.11. The van der Waals surface area contributed by atoms with Crippen LogP contribution in [0, 0.1) is 6.92 Å². The van der Waals surface area contributed by atoms with Gasteiger partial charge in [-0.1, -0.05) is 47.5 Å². The van der Waals surface area contributed by atoms with Gasteiger partial charge in [0.05, 0.1) is 5.02 Å². The van der Waals surface area contributed by atoms with Gasteiger partial charge in [0.15, 0.2) is 0 Å². The summed E-state index contributed by atoms with van der Waals surface area (Å²) in [5.74, 6) is 0. The largest absolute Gasteiger partial charge is 0.242 e. The quantitative estimate of drug-likeness (QED) is 0.601. The second kappa shape index (κ2) is 7.48. The molecule has 0 aliphatic heterocycles. The number of benzene rings is 2. The lowest BCUT2D eigenvalue weighted by atomic mass is 10.0. The van der Waals surface area contributed by atoms with Gasteiger partial charge in [-0.15, -0.1) is 0 Å². The minimum absolute atomic E-state index is 0.0316. The molecule has 0 spiro atoms. The van der Waals surface area contributed by atoms with Crippen LogP contribution in [0.2, 0.25) is 10.0 Å². The van der Waals surface area contributed by atoms with Gasteiger partial charge in [0.1, 0.15) is 4.90 Å². The molecule has 0 radical (unpaired) electrons. The van der Waals surface area contributed by atoms with E-state index in [0.29, 0.717) is 10.6 Å². The summed E-state index contributed by atoms with van der Waals surface area (Å²) in [6.07, 6.45) is 0. The number of aryl methyl sites for hydroxylation is 1. The molecule has 0 amide bonds. The maximum atomic E-state index is 12.7. The zero-order chi connectivity index (χ0) is 18.0. The number of thiophene rings is 1. The Bertz CT molecular complexity index is 1000. The van der Waals surface area contributed by atoms with Crippen molar-refractivity contribution in [1.82, 2.24) is 4.72 Å². The van der Waals surface area contributed by atoms with Crippen LogP contribution < -0.4 is 4.72 Å². The Morgan fingerprint density at radius 2 is 1.84 bits per heavy atom. The highest BCUT2D eigenvalue weighted by atomic mass is 35.5. The van der Waals surface area contributed by atoms with E-state index in [1.807, 2.05) is 41.1 Å². The SMILES string of the molecule is Cc1cc(S(=O)(=O)NCc2ccccc2-c2ccsc2)c(Cl)cc1Cl. The van der Waals surface area contributed by atoms with Crippen LogP contribution in [0.5, 0.6) is 0 Å². The molecule has 0 atom stereocenters. The van der Waals surface area contributed by atoms with Crippen LogP contribution >= 0.6 is 34.5 Å². The summed E-state index contributed by atoms with van der Waals surface area (Å²) in [5.41, 5.74) is 3.63. The number of halogens is 2. The Morgan fingerprint density at radius 1 is 1.08 bits per heavy atom. The van der Waals surface area contributed by atoms with Gasteiger partial charge in [-0.2, -0.15) is 11.3 Å². The van der Waals surface area contributed by atoms with E-state index in [0.717, 1.165) is 16.7 Å². The number of hydrogen-bond acceptors (Lipinski definition) is 3. The van der Waals surface area contributed by atoms with Gasteiger partial charge in [0.25, 0.3) is 0 Å². The predicted molar refractivity (Wildman–Crippen MR) is 105 cm³/mol. The summed E-state index contributed by atoms with van der Waals surface area (Å²) < 4.78 is 27.9. The first-order valence-electron chi connectivity index (χ1n) is 7.44. The van der Waals surface area contributed by atoms with Gasteiger partial charge in [0, 0.05) is 11.6 Å². The van der Waals surface area contributed by atoms with Crippen LogP contribution in [0.25, 0.3) is 11.1 Å². The molecular formula is C18H15Cl2NO2S2. The van der Waals surface area contributed by atoms with Crippen LogP contribution in [-0.2, 0) is 16.6 Å². The fourth-order valence-electron chi connectivity index (χ4n) is 2.46. The monoisotopic (exact) mass is 411 g/mol. The van der Waals surface area contributed by atoms with Crippen LogP contribution in [-0.4, -0.2) is 8.42 Å². The van der Waals surface area contributed by atoms with Gasteiger partial charge < -0.3 is 0 Å². The minimum Gasteiger partial charge on any atom is -0.207 e. The number of sulfonamides is 1. The van der Waals surface area contributed by atoms with Crippen molar-refractivity contribution >= 4 is 44.6 Å². The summed E-state index contributed by atoms with van der Waals surface area (Å²) in [6.45, 7) is 1.91. The zero-order valence-electron chi connectivity index (χ0n) is 13.3. The van der Waals surface area contributed by atoms with Gasteiger partial charge in [-0.25, -0.2) is 13.1 Å². The highest BCUT2D eigenvalue weighted by molar-refractivity contribution is 7.89. The van der Waals surface area contributed by atoms with Crippen LogP contribution in [0.15, 0.2) is 58.1 Å². The van der Waals surface area contributed by atoms with Crippen molar-refractivity contribution in [3.63, 3.8) is 0 Å². The molecule has 2 aromatic carbocycles. The first-order valence-corrected chi connectivity index (χ1v) is 10.6. The molecule has 1 aromatic heterocycles. The van der Waals surface area contributed by atoms with Crippen molar-refractivity contribution in [3.8, 4) is 11.1 Å². The zero-order valence-corrected chi connectivity index (χ0v) is 16.4. The van der Waals surface area contributed by atoms with E-state index in [9.17, 15) is 8.42 Å². The molecule has 7 heteroatoms. The first-order chi connectivity index (χ1) is 11.9. The lowest BCUT2D eigenvalue weighted by molar-refractivity contribution is 0.581. The Balaban J connectivity index is 1.88. The maximum absolute atomic E-state index is 12.7. The van der Waals surface area contributed by atoms with Crippen LogP contribution in [0.4, 0.5) is 0 Å². The molecule has 0 fully saturated rings. The minimum atomic E-state index is -3.75. The third-order valence-corrected chi connectivity index (χ3v) is 6.76. The van der Waals surface area contributed by atoms with Crippen molar-refractivity contribution in [2.24, 2.45) is 0 Å². The third-order valence-electron chi connectivity index (χ3n) is 3.80. The molecule has 0 aliphatic rings. The van der Waals surface area contributed by atoms with Crippen LogP contribution in [0.3, 0.4) is 0 Å². The predicted octanol–water partition coefficient (Wildman–Crippen LogP) is 5.51. The fraction of sp³-hybridized carbons (Fsp3) is 0.111. The van der Waals surface area contributed by atoms with Gasteiger partial charge in [0.2, 0.25) is 10.0 Å². The van der Waals surface area contributed by atoms with E-state index < -0.39 is 10.0 Å². The lowest BCUT2D eigenvalue weighted by Gasteiger charge is -2.12. The fourth-order valence-corrected chi connectivity index (χ4v) is 4.95. The average molecular weight is 412 g/mol. The van der Waals surface area contributed by atoms with E-state index in [-0.39, 0.29) is 16.5 Å². The highest BCUT2D eigenvalue weighted by Gasteiger charge is 2.19. The van der Waals surface area contributed by atoms with Crippen molar-refractivity contribution in [1.29, 1.82) is 0 Å². The van der Waals surface area contributed by atoms with Crippen LogP contribution in [0.1, 0.15) is 11.1 Å². The molecule has 0 bridgehead atoms. The second-order valence-corrected chi connectivity index (χ2v) is 8.86. The van der Waals surface area contributed by atoms with E-state index in [4.69, 9.17) is 23.2 Å². The molecule has 3 aromatic rings. The molecule has 3 rings (SSSR count). The topological polar surface area (TPSA) is 46.2 Å². The standard InChI is InChI=1S/C18H15Cl2NO2S2/c1-12-8-18(17(20)9-16(12)19)25(22,23)21-10-13-4-2-3-5-15(13)14-6-7-24-11-14/h2-9,11,21H,10H2,1H3. The van der Waals surface area contributed by atoms with Gasteiger partial charge in [-0.3, -0.25) is 0 Å². The highest BCUT2D eigenvalue weighted by Crippen LogP contribution is 2.29. The summed E-state index contributed by atoms with van der Waals surface area (Å²) in [7, 11) is -3.75. The van der Waals surface area contributed by atoms with Crippen molar-refractivity contribution in [2.75, 3.05) is 0 Å². The molecule has 3 nitrogen and oxygen atoms in total. The van der Waals surface area contributed by atoms with E-state index in [2.05, 4.69) is 4.72 Å². The summed E-state index contributed by atoms with van der Waals surface area (Å²) in [6, 6.07) is 12.7. The molecule has 25 heavy (non-hydrogen) atoms. The molecule has 0 unspecified atom stereocenters. The molecule has 130 valence electrons. The van der Waals surface area contributed by atoms with E-state index in [1.165, 1.54) is 12.1 Å². The smallest absolute Gasteiger partial charge is 0.207 e. The second-order valence-electron chi connectivity index (χ2n) is 5.53. The summed E-state index contributed by atoms with van der Waals surface area (Å²) in [5, 5.41) is 4.57. The number of rotatable bonds is 5. The Labute approximate surface area is 161 Å². The summed E-state index contributed by atoms with van der Waals surface area (Å²) >= 11 is 13.7. The third kappa shape index (κ3) is 4.07. The lowest BCUT2D eigenvalue weighted by Crippen LogP contribution is -2.24. The molecule has 1 heterocycles. The van der Waals surface area contributed by atoms with Crippen molar-refractivity contribution in [2.45, 2.75) is 18.4 Å². The molecular weight excluding hydrogens is 397 g/mol. The first kappa shape index (κ1) is 18.4. The van der Waals surface area contributed by atoms with Gasteiger partial charge in [-0.05, 0) is 58.1 Å². The maximum Gasteiger partial charge on any atom is 0.242 e. The van der Waals surface area contributed by atoms with Crippen molar-refractivity contribution < 1.29 is 8.42 Å². The van der Waals surface area contributed by atoms with Gasteiger partial charge >= 0.3 is 0 Å².